The summed E-state index contributed by atoms with van der Waals surface area (Å²) in [5.41, 5.74) is 0. The van der Waals surface area contributed by atoms with Gasteiger partial charge in [0.15, 0.2) is 0 Å². The van der Waals surface area contributed by atoms with Gasteiger partial charge in [0.05, 0.1) is 11.9 Å². The summed E-state index contributed by atoms with van der Waals surface area (Å²) in [5.74, 6) is 1.01. The summed E-state index contributed by atoms with van der Waals surface area (Å²) >= 11 is 0. The summed E-state index contributed by atoms with van der Waals surface area (Å²) in [4.78, 5) is 0. The van der Waals surface area contributed by atoms with E-state index in [9.17, 15) is 4.21 Å². The number of likely N-dealkylation sites (N-methyl/N-ethyl adjacent to an activating group) is 1. The van der Waals surface area contributed by atoms with Crippen LogP contribution in [0.1, 0.15) is 6.92 Å². The van der Waals surface area contributed by atoms with Crippen LogP contribution in [0.2, 0.25) is 0 Å². The van der Waals surface area contributed by atoms with E-state index < -0.39 is 16.9 Å². The number of nitrogens with one attached hydrogen (secondary N) is 1. The van der Waals surface area contributed by atoms with E-state index in [1.807, 2.05) is 6.92 Å². The summed E-state index contributed by atoms with van der Waals surface area (Å²) in [6.07, 6.45) is -0.467. The lowest BCUT2D eigenvalue weighted by Crippen LogP contribution is -2.28. The van der Waals surface area contributed by atoms with Crippen LogP contribution in [0.4, 0.5) is 0 Å². The molecular weight excluding hydrogens is 150 g/mol. The minimum Gasteiger partial charge on any atom is -0.391 e. The van der Waals surface area contributed by atoms with Crippen LogP contribution in [-0.4, -0.2) is 40.5 Å². The molecule has 3 nitrogen and oxygen atoms in total. The van der Waals surface area contributed by atoms with Crippen molar-refractivity contribution in [2.24, 2.45) is 0 Å². The maximum absolute atomic E-state index is 10.8. The monoisotopic (exact) mass is 165 g/mol. The predicted octanol–water partition coefficient (Wildman–Crippen LogP) is -0.665. The minimum atomic E-state index is -0.849. The highest BCUT2D eigenvalue weighted by Gasteiger charge is 2.05. The van der Waals surface area contributed by atoms with Gasteiger partial charge in [0.25, 0.3) is 0 Å². The molecule has 0 aromatic rings. The van der Waals surface area contributed by atoms with Crippen molar-refractivity contribution in [2.75, 3.05) is 25.1 Å². The molecule has 0 spiro atoms. The average Bonchev–Trinajstić information content (AvgIpc) is 1.88. The van der Waals surface area contributed by atoms with Gasteiger partial charge in [0, 0.05) is 23.1 Å². The lowest BCUT2D eigenvalue weighted by Gasteiger charge is -2.07. The Labute approximate surface area is 64.3 Å². The number of hydrogen-bond acceptors (Lipinski definition) is 3. The summed E-state index contributed by atoms with van der Waals surface area (Å²) in [6.45, 7) is 2.37. The lowest BCUT2D eigenvalue weighted by molar-refractivity contribution is 0.198. The molecule has 2 atom stereocenters. The Bertz CT molecular complexity index is 108. The Hall–Kier alpha value is 0.0700. The summed E-state index contributed by atoms with van der Waals surface area (Å²) in [6, 6.07) is 0. The molecule has 0 fully saturated rings. The van der Waals surface area contributed by atoms with Gasteiger partial charge in [-0.05, 0) is 7.05 Å². The molecule has 0 bridgehead atoms. The van der Waals surface area contributed by atoms with E-state index in [0.717, 1.165) is 0 Å². The normalized spacial score (nSPS) is 16.7. The van der Waals surface area contributed by atoms with Crippen LogP contribution >= 0.6 is 0 Å². The van der Waals surface area contributed by atoms with Crippen molar-refractivity contribution in [3.8, 4) is 0 Å². The molecule has 0 aliphatic rings. The van der Waals surface area contributed by atoms with Gasteiger partial charge in [0.2, 0.25) is 0 Å². The summed E-state index contributed by atoms with van der Waals surface area (Å²) < 4.78 is 10.8. The van der Waals surface area contributed by atoms with E-state index in [-0.39, 0.29) is 0 Å². The topological polar surface area (TPSA) is 49.3 Å². The fourth-order valence-electron chi connectivity index (χ4n) is 0.627. The van der Waals surface area contributed by atoms with Gasteiger partial charge < -0.3 is 10.4 Å². The summed E-state index contributed by atoms with van der Waals surface area (Å²) in [5, 5.41) is 11.9. The van der Waals surface area contributed by atoms with Crippen molar-refractivity contribution in [2.45, 2.75) is 13.0 Å². The summed E-state index contributed by atoms with van der Waals surface area (Å²) in [7, 11) is 0.913. The van der Waals surface area contributed by atoms with Crippen LogP contribution in [0, 0.1) is 0 Å². The smallest absolute Gasteiger partial charge is 0.0779 e. The van der Waals surface area contributed by atoms with Crippen LogP contribution in [-0.2, 0) is 10.8 Å². The maximum Gasteiger partial charge on any atom is 0.0779 e. The second-order valence-electron chi connectivity index (χ2n) is 2.11. The van der Waals surface area contributed by atoms with Crippen LogP contribution in [0.3, 0.4) is 0 Å². The third-order valence-electron chi connectivity index (χ3n) is 1.14. The van der Waals surface area contributed by atoms with Crippen molar-refractivity contribution in [1.29, 1.82) is 0 Å². The number of aliphatic hydroxyl groups is 1. The van der Waals surface area contributed by atoms with Gasteiger partial charge in [0.1, 0.15) is 0 Å². The van der Waals surface area contributed by atoms with E-state index >= 15 is 0 Å². The molecule has 10 heavy (non-hydrogen) atoms. The highest BCUT2D eigenvalue weighted by molar-refractivity contribution is 7.84. The highest BCUT2D eigenvalue weighted by atomic mass is 32.2. The zero-order chi connectivity index (χ0) is 7.98. The maximum atomic E-state index is 10.8. The quantitative estimate of drug-likeness (QED) is 0.568. The third-order valence-corrected chi connectivity index (χ3v) is 2.54. The first kappa shape index (κ1) is 10.1. The molecule has 0 saturated carbocycles. The first-order valence-electron chi connectivity index (χ1n) is 3.38. The number of rotatable bonds is 5. The Balaban J connectivity index is 3.37. The van der Waals surface area contributed by atoms with Crippen molar-refractivity contribution in [3.05, 3.63) is 0 Å². The van der Waals surface area contributed by atoms with Crippen LogP contribution in [0.5, 0.6) is 0 Å². The van der Waals surface area contributed by atoms with Crippen molar-refractivity contribution in [3.63, 3.8) is 0 Å². The molecule has 0 aliphatic carbocycles. The average molecular weight is 165 g/mol. The van der Waals surface area contributed by atoms with Gasteiger partial charge in [-0.3, -0.25) is 4.21 Å². The predicted molar refractivity (Wildman–Crippen MR) is 43.5 cm³/mol. The fourth-order valence-corrected chi connectivity index (χ4v) is 1.41. The Morgan fingerprint density at radius 3 is 2.70 bits per heavy atom. The van der Waals surface area contributed by atoms with Crippen molar-refractivity contribution < 1.29 is 9.32 Å². The molecule has 2 unspecified atom stereocenters. The van der Waals surface area contributed by atoms with Gasteiger partial charge in [-0.2, -0.15) is 0 Å². The molecule has 0 heterocycles. The Morgan fingerprint density at radius 2 is 2.30 bits per heavy atom. The standard InChI is InChI=1S/C6H15NO2S/c1-3-10(9)5-6(8)4-7-2/h6-8H,3-5H2,1-2H3. The first-order chi connectivity index (χ1) is 4.70. The van der Waals surface area contributed by atoms with Crippen LogP contribution < -0.4 is 5.32 Å². The van der Waals surface area contributed by atoms with Gasteiger partial charge >= 0.3 is 0 Å². The Morgan fingerprint density at radius 1 is 1.70 bits per heavy atom. The SMILES string of the molecule is CCS(=O)CC(O)CNC. The minimum absolute atomic E-state index is 0.386. The van der Waals surface area contributed by atoms with Gasteiger partial charge in [-0.1, -0.05) is 6.92 Å². The lowest BCUT2D eigenvalue weighted by atomic mass is 10.4. The molecule has 2 N–H and O–H groups in total. The highest BCUT2D eigenvalue weighted by Crippen LogP contribution is 1.87. The zero-order valence-corrected chi connectivity index (χ0v) is 7.28. The van der Waals surface area contributed by atoms with Gasteiger partial charge in [-0.15, -0.1) is 0 Å². The zero-order valence-electron chi connectivity index (χ0n) is 6.46. The Kier molecular flexibility index (Phi) is 5.87. The first-order valence-corrected chi connectivity index (χ1v) is 4.87. The molecule has 0 amide bonds. The molecule has 0 aliphatic heterocycles. The van der Waals surface area contributed by atoms with Crippen LogP contribution in [0.25, 0.3) is 0 Å². The van der Waals surface area contributed by atoms with Crippen molar-refractivity contribution in [1.82, 2.24) is 5.32 Å². The second-order valence-corrected chi connectivity index (χ2v) is 3.90. The van der Waals surface area contributed by atoms with E-state index in [1.165, 1.54) is 0 Å². The van der Waals surface area contributed by atoms with E-state index in [2.05, 4.69) is 5.32 Å². The third kappa shape index (κ3) is 4.90. The molecule has 62 valence electrons. The number of aliphatic hydroxyl groups excluding tert-OH is 1. The molecule has 0 aromatic heterocycles. The van der Waals surface area contributed by atoms with E-state index in [4.69, 9.17) is 5.11 Å². The van der Waals surface area contributed by atoms with E-state index in [1.54, 1.807) is 7.05 Å². The fraction of sp³-hybridized carbons (Fsp3) is 1.00. The molecule has 0 rings (SSSR count). The van der Waals surface area contributed by atoms with E-state index in [0.29, 0.717) is 18.1 Å². The van der Waals surface area contributed by atoms with Gasteiger partial charge in [-0.25, -0.2) is 0 Å². The molecular formula is C6H15NO2S. The molecule has 0 radical (unpaired) electrons. The molecule has 4 heteroatoms. The largest absolute Gasteiger partial charge is 0.391 e. The van der Waals surface area contributed by atoms with Crippen LogP contribution in [0.15, 0.2) is 0 Å². The molecule has 0 saturated heterocycles. The molecule has 0 aromatic carbocycles. The second kappa shape index (κ2) is 5.82. The van der Waals surface area contributed by atoms with Crippen molar-refractivity contribution >= 4 is 10.8 Å². The number of hydrogen-bond donors (Lipinski definition) is 2.